The molecule has 2 heterocycles. The van der Waals surface area contributed by atoms with Crippen molar-refractivity contribution in [3.63, 3.8) is 0 Å². The largest absolute Gasteiger partial charge is 0.493 e. The molecule has 1 aliphatic heterocycles. The second-order valence-corrected chi connectivity index (χ2v) is 12.1. The summed E-state index contributed by atoms with van der Waals surface area (Å²) in [7, 11) is -2.44. The van der Waals surface area contributed by atoms with Crippen LogP contribution in [0.1, 0.15) is 0 Å². The van der Waals surface area contributed by atoms with Gasteiger partial charge in [0.05, 0.1) is 36.4 Å². The van der Waals surface area contributed by atoms with Crippen LogP contribution in [-0.4, -0.2) is 64.9 Å². The highest BCUT2D eigenvalue weighted by Gasteiger charge is 2.18. The zero-order valence-corrected chi connectivity index (χ0v) is 25.4. The fraction of sp³-hybridized carbons (Fsp3) is 0.206. The van der Waals surface area contributed by atoms with E-state index in [1.807, 2.05) is 36.4 Å². The Balaban J connectivity index is 1.17. The van der Waals surface area contributed by atoms with Gasteiger partial charge in [-0.1, -0.05) is 42.5 Å². The van der Waals surface area contributed by atoms with E-state index in [9.17, 15) is 8.42 Å². The standard InChI is InChI=1S/C34H32FN3O6S/c1-41-33-22-28-30(23-34(33)43-19-16-38-14-17-42-18-15-38)36-13-12-31(28)44-32-11-10-26(21-29(32)35)37-45(39,40)27-9-5-8-25(20-27)24-6-3-2-4-7-24/h2-13,20-23,37H,14-19H2,1H3. The van der Waals surface area contributed by atoms with Gasteiger partial charge >= 0.3 is 0 Å². The third-order valence-electron chi connectivity index (χ3n) is 7.41. The first kappa shape index (κ1) is 30.3. The van der Waals surface area contributed by atoms with Crippen molar-refractivity contribution in [2.45, 2.75) is 4.90 Å². The number of nitrogens with zero attached hydrogens (tertiary/aromatic N) is 2. The second-order valence-electron chi connectivity index (χ2n) is 10.4. The van der Waals surface area contributed by atoms with E-state index in [1.54, 1.807) is 43.6 Å². The summed E-state index contributed by atoms with van der Waals surface area (Å²) in [6.07, 6.45) is 1.56. The fourth-order valence-corrected chi connectivity index (χ4v) is 6.15. The molecule has 1 N–H and O–H groups in total. The summed E-state index contributed by atoms with van der Waals surface area (Å²) in [5.41, 5.74) is 2.28. The van der Waals surface area contributed by atoms with E-state index in [0.717, 1.165) is 36.8 Å². The summed E-state index contributed by atoms with van der Waals surface area (Å²) >= 11 is 0. The van der Waals surface area contributed by atoms with Crippen molar-refractivity contribution in [3.05, 3.63) is 103 Å². The molecule has 4 aromatic carbocycles. The summed E-state index contributed by atoms with van der Waals surface area (Å²) in [4.78, 5) is 6.77. The number of halogens is 1. The van der Waals surface area contributed by atoms with E-state index in [4.69, 9.17) is 18.9 Å². The molecule has 0 saturated carbocycles. The van der Waals surface area contributed by atoms with Crippen LogP contribution in [0.3, 0.4) is 0 Å². The van der Waals surface area contributed by atoms with Crippen molar-refractivity contribution in [1.82, 2.24) is 9.88 Å². The minimum Gasteiger partial charge on any atom is -0.493 e. The minimum atomic E-state index is -3.99. The SMILES string of the molecule is COc1cc2c(Oc3ccc(NS(=O)(=O)c4cccc(-c5ccccc5)c4)cc3F)ccnc2cc1OCCN1CCOCC1. The number of anilines is 1. The molecule has 0 atom stereocenters. The minimum absolute atomic E-state index is 0.0603. The van der Waals surface area contributed by atoms with Crippen LogP contribution in [0.4, 0.5) is 10.1 Å². The number of aromatic nitrogens is 1. The summed E-state index contributed by atoms with van der Waals surface area (Å²) in [5, 5.41) is 0.595. The summed E-state index contributed by atoms with van der Waals surface area (Å²) < 4.78 is 67.0. The number of benzene rings is 4. The highest BCUT2D eigenvalue weighted by atomic mass is 32.2. The molecule has 0 bridgehead atoms. The average molecular weight is 630 g/mol. The zero-order valence-electron chi connectivity index (χ0n) is 24.6. The highest BCUT2D eigenvalue weighted by molar-refractivity contribution is 7.92. The Kier molecular flexibility index (Phi) is 9.11. The first-order valence-electron chi connectivity index (χ1n) is 14.4. The summed E-state index contributed by atoms with van der Waals surface area (Å²) in [6.45, 7) is 4.40. The quantitative estimate of drug-likeness (QED) is 0.180. The molecule has 0 unspecified atom stereocenters. The third kappa shape index (κ3) is 7.17. The Morgan fingerprint density at radius 1 is 0.867 bits per heavy atom. The van der Waals surface area contributed by atoms with Crippen molar-refractivity contribution >= 4 is 26.6 Å². The van der Waals surface area contributed by atoms with Gasteiger partial charge in [-0.15, -0.1) is 0 Å². The van der Waals surface area contributed by atoms with E-state index in [1.165, 1.54) is 18.2 Å². The number of hydrogen-bond acceptors (Lipinski definition) is 8. The van der Waals surface area contributed by atoms with E-state index in [2.05, 4.69) is 14.6 Å². The van der Waals surface area contributed by atoms with Gasteiger partial charge in [-0.2, -0.15) is 0 Å². The van der Waals surface area contributed by atoms with E-state index in [-0.39, 0.29) is 16.3 Å². The molecule has 232 valence electrons. The maximum atomic E-state index is 15.3. The molecule has 0 radical (unpaired) electrons. The molecular formula is C34H32FN3O6S. The van der Waals surface area contributed by atoms with Gasteiger partial charge in [0.15, 0.2) is 23.1 Å². The monoisotopic (exact) mass is 629 g/mol. The number of morpholine rings is 1. The van der Waals surface area contributed by atoms with Gasteiger partial charge in [-0.05, 0) is 47.5 Å². The first-order chi connectivity index (χ1) is 21.9. The van der Waals surface area contributed by atoms with Crippen molar-refractivity contribution in [2.75, 3.05) is 51.3 Å². The molecule has 1 saturated heterocycles. The van der Waals surface area contributed by atoms with E-state index in [0.29, 0.717) is 48.0 Å². The molecule has 6 rings (SSSR count). The summed E-state index contributed by atoms with van der Waals surface area (Å²) in [6, 6.07) is 25.1. The third-order valence-corrected chi connectivity index (χ3v) is 8.79. The topological polar surface area (TPSA) is 99.2 Å². The van der Waals surface area contributed by atoms with Crippen LogP contribution in [0.15, 0.2) is 102 Å². The van der Waals surface area contributed by atoms with Gasteiger partial charge in [0.2, 0.25) is 0 Å². The molecule has 1 aliphatic rings. The molecule has 0 amide bonds. The van der Waals surface area contributed by atoms with Gasteiger partial charge in [-0.3, -0.25) is 14.6 Å². The van der Waals surface area contributed by atoms with Crippen LogP contribution in [0, 0.1) is 5.82 Å². The highest BCUT2D eigenvalue weighted by Crippen LogP contribution is 2.38. The van der Waals surface area contributed by atoms with Crippen molar-refractivity contribution in [1.29, 1.82) is 0 Å². The smallest absolute Gasteiger partial charge is 0.261 e. The van der Waals surface area contributed by atoms with Crippen LogP contribution in [0.25, 0.3) is 22.0 Å². The zero-order chi connectivity index (χ0) is 31.2. The lowest BCUT2D eigenvalue weighted by atomic mass is 10.1. The van der Waals surface area contributed by atoms with Crippen LogP contribution < -0.4 is 18.9 Å². The number of rotatable bonds is 11. The molecule has 0 aliphatic carbocycles. The van der Waals surface area contributed by atoms with Crippen LogP contribution in [-0.2, 0) is 14.8 Å². The first-order valence-corrected chi connectivity index (χ1v) is 15.9. The Morgan fingerprint density at radius 3 is 2.44 bits per heavy atom. The Hall–Kier alpha value is -4.71. The van der Waals surface area contributed by atoms with Gasteiger partial charge in [0, 0.05) is 43.4 Å². The number of pyridine rings is 1. The number of fused-ring (bicyclic) bond motifs is 1. The van der Waals surface area contributed by atoms with Crippen molar-refractivity contribution in [2.24, 2.45) is 0 Å². The average Bonchev–Trinajstić information content (AvgIpc) is 3.06. The Bertz CT molecular complexity index is 1900. The molecule has 0 spiro atoms. The number of sulfonamides is 1. The summed E-state index contributed by atoms with van der Waals surface area (Å²) in [5.74, 6) is 0.557. The number of methoxy groups -OCH3 is 1. The number of nitrogens with one attached hydrogen (secondary N) is 1. The molecule has 11 heteroatoms. The van der Waals surface area contributed by atoms with E-state index < -0.39 is 15.8 Å². The Morgan fingerprint density at radius 2 is 1.67 bits per heavy atom. The lowest BCUT2D eigenvalue weighted by Crippen LogP contribution is -2.38. The van der Waals surface area contributed by atoms with Crippen molar-refractivity contribution < 1.29 is 31.8 Å². The molecular weight excluding hydrogens is 597 g/mol. The number of ether oxygens (including phenoxy) is 4. The maximum absolute atomic E-state index is 15.3. The van der Waals surface area contributed by atoms with Crippen molar-refractivity contribution in [3.8, 4) is 34.1 Å². The molecule has 45 heavy (non-hydrogen) atoms. The predicted octanol–water partition coefficient (Wildman–Crippen LogP) is 6.35. The van der Waals surface area contributed by atoms with Gasteiger partial charge < -0.3 is 18.9 Å². The number of hydrogen-bond donors (Lipinski definition) is 1. The van der Waals surface area contributed by atoms with E-state index >= 15 is 4.39 Å². The lowest BCUT2D eigenvalue weighted by Gasteiger charge is -2.26. The van der Waals surface area contributed by atoms with Crippen LogP contribution >= 0.6 is 0 Å². The normalized spacial score (nSPS) is 13.8. The fourth-order valence-electron chi connectivity index (χ4n) is 5.05. The van der Waals surface area contributed by atoms with Crippen LogP contribution in [0.2, 0.25) is 0 Å². The van der Waals surface area contributed by atoms with Gasteiger partial charge in [-0.25, -0.2) is 12.8 Å². The molecule has 1 aromatic heterocycles. The molecule has 5 aromatic rings. The maximum Gasteiger partial charge on any atom is 0.261 e. The Labute approximate surface area is 261 Å². The van der Waals surface area contributed by atoms with Gasteiger partial charge in [0.1, 0.15) is 12.4 Å². The van der Waals surface area contributed by atoms with Crippen LogP contribution in [0.5, 0.6) is 23.0 Å². The second kappa shape index (κ2) is 13.5. The predicted molar refractivity (Wildman–Crippen MR) is 170 cm³/mol. The molecule has 1 fully saturated rings. The molecule has 9 nitrogen and oxygen atoms in total. The lowest BCUT2D eigenvalue weighted by molar-refractivity contribution is 0.0321. The van der Waals surface area contributed by atoms with Gasteiger partial charge in [0.25, 0.3) is 10.0 Å².